The first-order chi connectivity index (χ1) is 12.6. The Labute approximate surface area is 156 Å². The minimum Gasteiger partial charge on any atom is -0.462 e. The molecule has 0 atom stereocenters. The summed E-state index contributed by atoms with van der Waals surface area (Å²) in [6, 6.07) is 18.8. The Morgan fingerprint density at radius 2 is 1.73 bits per heavy atom. The molecule has 132 valence electrons. The predicted molar refractivity (Wildman–Crippen MR) is 105 cm³/mol. The number of rotatable bonds is 5. The van der Waals surface area contributed by atoms with Crippen molar-refractivity contribution in [3.8, 4) is 10.4 Å². The summed E-state index contributed by atoms with van der Waals surface area (Å²) < 4.78 is 5.14. The molecule has 3 aromatic rings. The van der Waals surface area contributed by atoms with Crippen molar-refractivity contribution in [3.63, 3.8) is 0 Å². The summed E-state index contributed by atoms with van der Waals surface area (Å²) in [5.41, 5.74) is 2.98. The molecule has 1 heterocycles. The van der Waals surface area contributed by atoms with E-state index in [1.807, 2.05) is 49.4 Å². The van der Waals surface area contributed by atoms with Crippen LogP contribution in [0.1, 0.15) is 33.2 Å². The van der Waals surface area contributed by atoms with Gasteiger partial charge in [-0.05, 0) is 37.6 Å². The number of carbonyl (C=O) groups is 2. The first kappa shape index (κ1) is 17.9. The smallest absolute Gasteiger partial charge is 0.341 e. The summed E-state index contributed by atoms with van der Waals surface area (Å²) in [5.74, 6) is -0.692. The molecule has 0 spiro atoms. The highest BCUT2D eigenvalue weighted by Gasteiger charge is 2.20. The zero-order chi connectivity index (χ0) is 18.5. The number of ether oxygens (including phenoxy) is 1. The van der Waals surface area contributed by atoms with E-state index in [-0.39, 0.29) is 12.5 Å². The van der Waals surface area contributed by atoms with Gasteiger partial charge in [-0.3, -0.25) is 4.79 Å². The number of hydrogen-bond acceptors (Lipinski definition) is 4. The molecule has 4 nitrogen and oxygen atoms in total. The van der Waals surface area contributed by atoms with Gasteiger partial charge in [0.1, 0.15) is 5.00 Å². The Morgan fingerprint density at radius 1 is 1.04 bits per heavy atom. The molecular formula is C21H19NO3S. The van der Waals surface area contributed by atoms with Crippen molar-refractivity contribution in [2.45, 2.75) is 13.8 Å². The molecule has 1 aromatic heterocycles. The molecular weight excluding hydrogens is 346 g/mol. The van der Waals surface area contributed by atoms with Crippen molar-refractivity contribution in [2.75, 3.05) is 11.9 Å². The van der Waals surface area contributed by atoms with Crippen LogP contribution in [-0.2, 0) is 4.74 Å². The fraction of sp³-hybridized carbons (Fsp3) is 0.143. The van der Waals surface area contributed by atoms with E-state index in [4.69, 9.17) is 4.74 Å². The third kappa shape index (κ3) is 4.00. The molecule has 0 saturated heterocycles. The molecule has 0 saturated carbocycles. The summed E-state index contributed by atoms with van der Waals surface area (Å²) in [5, 5.41) is 3.35. The van der Waals surface area contributed by atoms with Gasteiger partial charge < -0.3 is 10.1 Å². The van der Waals surface area contributed by atoms with Crippen molar-refractivity contribution in [3.05, 3.63) is 77.4 Å². The molecule has 0 aliphatic rings. The number of esters is 1. The molecule has 0 aliphatic heterocycles. The zero-order valence-corrected chi connectivity index (χ0v) is 15.4. The SMILES string of the molecule is CCOC(=O)c1cc(-c2ccccc2)sc1NC(=O)c1ccc(C)cc1. The van der Waals surface area contributed by atoms with Crippen LogP contribution in [0.25, 0.3) is 10.4 Å². The second-order valence-corrected chi connectivity index (χ2v) is 6.81. The number of anilines is 1. The number of hydrogen-bond donors (Lipinski definition) is 1. The van der Waals surface area contributed by atoms with E-state index in [9.17, 15) is 9.59 Å². The zero-order valence-electron chi connectivity index (χ0n) is 14.6. The lowest BCUT2D eigenvalue weighted by atomic mass is 10.1. The average molecular weight is 365 g/mol. The Balaban J connectivity index is 1.93. The molecule has 5 heteroatoms. The lowest BCUT2D eigenvalue weighted by Crippen LogP contribution is -2.14. The van der Waals surface area contributed by atoms with E-state index >= 15 is 0 Å². The normalized spacial score (nSPS) is 10.4. The fourth-order valence-corrected chi connectivity index (χ4v) is 3.52. The molecule has 0 radical (unpaired) electrons. The maximum absolute atomic E-state index is 12.5. The van der Waals surface area contributed by atoms with Crippen LogP contribution < -0.4 is 5.32 Å². The van der Waals surface area contributed by atoms with Crippen LogP contribution in [-0.4, -0.2) is 18.5 Å². The van der Waals surface area contributed by atoms with Gasteiger partial charge in [-0.15, -0.1) is 11.3 Å². The highest BCUT2D eigenvalue weighted by Crippen LogP contribution is 2.36. The fourth-order valence-electron chi connectivity index (χ4n) is 2.47. The monoisotopic (exact) mass is 365 g/mol. The van der Waals surface area contributed by atoms with Crippen molar-refractivity contribution in [1.29, 1.82) is 0 Å². The molecule has 1 amide bonds. The third-order valence-electron chi connectivity index (χ3n) is 3.83. The largest absolute Gasteiger partial charge is 0.462 e. The molecule has 0 bridgehead atoms. The second kappa shape index (κ2) is 7.97. The molecule has 2 aromatic carbocycles. The highest BCUT2D eigenvalue weighted by atomic mass is 32.1. The molecule has 3 rings (SSSR count). The summed E-state index contributed by atoms with van der Waals surface area (Å²) in [7, 11) is 0. The summed E-state index contributed by atoms with van der Waals surface area (Å²) in [6.45, 7) is 4.00. The van der Waals surface area contributed by atoms with Gasteiger partial charge in [-0.25, -0.2) is 4.79 Å². The van der Waals surface area contributed by atoms with E-state index < -0.39 is 5.97 Å². The molecule has 26 heavy (non-hydrogen) atoms. The number of nitrogens with one attached hydrogen (secondary N) is 1. The van der Waals surface area contributed by atoms with Crippen molar-refractivity contribution >= 4 is 28.2 Å². The quantitative estimate of drug-likeness (QED) is 0.636. The van der Waals surface area contributed by atoms with E-state index in [2.05, 4.69) is 5.32 Å². The Bertz CT molecular complexity index is 914. The highest BCUT2D eigenvalue weighted by molar-refractivity contribution is 7.20. The number of thiophene rings is 1. The molecule has 0 unspecified atom stereocenters. The maximum atomic E-state index is 12.5. The second-order valence-electron chi connectivity index (χ2n) is 5.76. The van der Waals surface area contributed by atoms with Crippen LogP contribution in [0.2, 0.25) is 0 Å². The minimum atomic E-state index is -0.440. The van der Waals surface area contributed by atoms with Crippen LogP contribution >= 0.6 is 11.3 Å². The van der Waals surface area contributed by atoms with Gasteiger partial charge in [0.15, 0.2) is 0 Å². The van der Waals surface area contributed by atoms with Gasteiger partial charge in [-0.1, -0.05) is 48.0 Å². The van der Waals surface area contributed by atoms with Crippen molar-refractivity contribution < 1.29 is 14.3 Å². The van der Waals surface area contributed by atoms with E-state index in [1.54, 1.807) is 25.1 Å². The lowest BCUT2D eigenvalue weighted by molar-refractivity contribution is 0.0528. The summed E-state index contributed by atoms with van der Waals surface area (Å²) in [6.07, 6.45) is 0. The summed E-state index contributed by atoms with van der Waals surface area (Å²) in [4.78, 5) is 25.7. The number of amides is 1. The average Bonchev–Trinajstić information content (AvgIpc) is 3.07. The predicted octanol–water partition coefficient (Wildman–Crippen LogP) is 5.15. The Kier molecular flexibility index (Phi) is 5.49. The number of carbonyl (C=O) groups excluding carboxylic acids is 2. The first-order valence-electron chi connectivity index (χ1n) is 8.33. The topological polar surface area (TPSA) is 55.4 Å². The van der Waals surface area contributed by atoms with Crippen molar-refractivity contribution in [1.82, 2.24) is 0 Å². The lowest BCUT2D eigenvalue weighted by Gasteiger charge is -2.06. The third-order valence-corrected chi connectivity index (χ3v) is 4.93. The standard InChI is InChI=1S/C21H19NO3S/c1-3-25-21(24)17-13-18(15-7-5-4-6-8-15)26-20(17)22-19(23)16-11-9-14(2)10-12-16/h4-13H,3H2,1-2H3,(H,22,23). The maximum Gasteiger partial charge on any atom is 0.341 e. The minimum absolute atomic E-state index is 0.253. The molecule has 0 fully saturated rings. The molecule has 1 N–H and O–H groups in total. The Hall–Kier alpha value is -2.92. The number of benzene rings is 2. The van der Waals surface area contributed by atoms with Crippen LogP contribution in [0.15, 0.2) is 60.7 Å². The van der Waals surface area contributed by atoms with Crippen LogP contribution in [0.5, 0.6) is 0 Å². The van der Waals surface area contributed by atoms with E-state index in [0.717, 1.165) is 16.0 Å². The van der Waals surface area contributed by atoms with E-state index in [1.165, 1.54) is 11.3 Å². The van der Waals surface area contributed by atoms with Gasteiger partial charge in [0.25, 0.3) is 5.91 Å². The van der Waals surface area contributed by atoms with Crippen LogP contribution in [0.4, 0.5) is 5.00 Å². The summed E-state index contributed by atoms with van der Waals surface area (Å²) >= 11 is 1.36. The van der Waals surface area contributed by atoms with Gasteiger partial charge in [0.05, 0.1) is 12.2 Å². The number of aryl methyl sites for hydroxylation is 1. The van der Waals surface area contributed by atoms with Gasteiger partial charge in [0, 0.05) is 10.4 Å². The van der Waals surface area contributed by atoms with Crippen molar-refractivity contribution in [2.24, 2.45) is 0 Å². The molecule has 0 aliphatic carbocycles. The van der Waals surface area contributed by atoms with Crippen LogP contribution in [0.3, 0.4) is 0 Å². The first-order valence-corrected chi connectivity index (χ1v) is 9.14. The Morgan fingerprint density at radius 3 is 2.38 bits per heavy atom. The van der Waals surface area contributed by atoms with Gasteiger partial charge >= 0.3 is 5.97 Å². The van der Waals surface area contributed by atoms with Crippen LogP contribution in [0, 0.1) is 6.92 Å². The van der Waals surface area contributed by atoms with E-state index in [0.29, 0.717) is 16.1 Å². The van der Waals surface area contributed by atoms with Gasteiger partial charge in [-0.2, -0.15) is 0 Å². The van der Waals surface area contributed by atoms with Gasteiger partial charge in [0.2, 0.25) is 0 Å².